The summed E-state index contributed by atoms with van der Waals surface area (Å²) in [5, 5.41) is 23.2. The zero-order valence-corrected chi connectivity index (χ0v) is 19.6. The van der Waals surface area contributed by atoms with Gasteiger partial charge in [-0.1, -0.05) is 24.3 Å². The SMILES string of the molecule is C[C@@H](OC[C@H](O)CNC(C)(C)Cc1ccc2c(c1)OCO2)c1cccc2c1O[C@H]1[C@H](C(=O)O)[C@@H]21. The molecule has 3 aliphatic rings. The minimum absolute atomic E-state index is 0.0681. The number of hydrogen-bond donors (Lipinski definition) is 3. The van der Waals surface area contributed by atoms with Crippen LogP contribution in [0.25, 0.3) is 0 Å². The molecule has 2 heterocycles. The molecule has 3 N–H and O–H groups in total. The van der Waals surface area contributed by atoms with E-state index < -0.39 is 18.0 Å². The number of para-hydroxylation sites is 1. The number of β-amino-alcohol motifs (C(OH)–C–C–N with tert-alkyl or cyclic N) is 1. The number of aliphatic carboxylic acids is 1. The van der Waals surface area contributed by atoms with Gasteiger partial charge in [-0.25, -0.2) is 0 Å². The Morgan fingerprint density at radius 1 is 1.24 bits per heavy atom. The quantitative estimate of drug-likeness (QED) is 0.488. The van der Waals surface area contributed by atoms with Gasteiger partial charge in [0, 0.05) is 29.1 Å². The van der Waals surface area contributed by atoms with Crippen molar-refractivity contribution in [2.75, 3.05) is 19.9 Å². The Hall–Kier alpha value is -2.81. The van der Waals surface area contributed by atoms with Crippen LogP contribution >= 0.6 is 0 Å². The molecule has 2 aromatic carbocycles. The number of carbonyl (C=O) groups is 1. The van der Waals surface area contributed by atoms with Gasteiger partial charge in [0.15, 0.2) is 11.5 Å². The Kier molecular flexibility index (Phi) is 5.91. The predicted octanol–water partition coefficient (Wildman–Crippen LogP) is 3.02. The zero-order chi connectivity index (χ0) is 24.0. The second kappa shape index (κ2) is 8.76. The van der Waals surface area contributed by atoms with Gasteiger partial charge in [-0.3, -0.25) is 4.79 Å². The maximum atomic E-state index is 11.3. The van der Waals surface area contributed by atoms with Crippen molar-refractivity contribution < 1.29 is 34.0 Å². The summed E-state index contributed by atoms with van der Waals surface area (Å²) in [5.74, 6) is 0.939. The molecule has 0 unspecified atom stereocenters. The Morgan fingerprint density at radius 2 is 2.03 bits per heavy atom. The van der Waals surface area contributed by atoms with E-state index in [2.05, 4.69) is 19.2 Å². The fourth-order valence-electron chi connectivity index (χ4n) is 4.94. The Labute approximate surface area is 198 Å². The first-order valence-electron chi connectivity index (χ1n) is 11.7. The molecule has 5 rings (SSSR count). The topological polar surface area (TPSA) is 106 Å². The van der Waals surface area contributed by atoms with Gasteiger partial charge in [0.25, 0.3) is 0 Å². The summed E-state index contributed by atoms with van der Waals surface area (Å²) in [6, 6.07) is 11.7. The van der Waals surface area contributed by atoms with Crippen LogP contribution in [0.5, 0.6) is 17.2 Å². The van der Waals surface area contributed by atoms with Crippen molar-refractivity contribution in [2.45, 2.75) is 57.0 Å². The standard InChI is InChI=1S/C26H31NO7/c1-14(17-5-4-6-18-21-22(25(29)30)24(21)34-23(17)18)31-12-16(28)11-27-26(2,3)10-15-7-8-19-20(9-15)33-13-32-19/h4-9,14,16,21-22,24,27-28H,10-13H2,1-3H3,(H,29,30)/t14-,16-,21-,22-,24-/m1/s1. The fourth-order valence-corrected chi connectivity index (χ4v) is 4.94. The third-order valence-electron chi connectivity index (χ3n) is 6.80. The lowest BCUT2D eigenvalue weighted by Gasteiger charge is -2.28. The molecular weight excluding hydrogens is 438 g/mol. The number of fused-ring (bicyclic) bond motifs is 4. The Morgan fingerprint density at radius 3 is 2.82 bits per heavy atom. The molecule has 182 valence electrons. The Balaban J connectivity index is 1.11. The summed E-state index contributed by atoms with van der Waals surface area (Å²) < 4.78 is 22.7. The second-order valence-corrected chi connectivity index (χ2v) is 10.00. The summed E-state index contributed by atoms with van der Waals surface area (Å²) in [4.78, 5) is 11.3. The van der Waals surface area contributed by atoms with E-state index in [9.17, 15) is 15.0 Å². The summed E-state index contributed by atoms with van der Waals surface area (Å²) >= 11 is 0. The smallest absolute Gasteiger partial charge is 0.311 e. The molecule has 0 bridgehead atoms. The number of rotatable bonds is 10. The molecule has 8 nitrogen and oxygen atoms in total. The number of ether oxygens (including phenoxy) is 4. The van der Waals surface area contributed by atoms with Crippen LogP contribution in [0.4, 0.5) is 0 Å². The molecule has 1 saturated carbocycles. The van der Waals surface area contributed by atoms with Crippen LogP contribution in [-0.4, -0.2) is 53.9 Å². The van der Waals surface area contributed by atoms with Crippen molar-refractivity contribution >= 4 is 5.97 Å². The number of carboxylic acids is 1. The molecular formula is C26H31NO7. The summed E-state index contributed by atoms with van der Waals surface area (Å²) in [6.07, 6.45) is -0.476. The van der Waals surface area contributed by atoms with Gasteiger partial charge >= 0.3 is 5.97 Å². The predicted molar refractivity (Wildman–Crippen MR) is 123 cm³/mol. The van der Waals surface area contributed by atoms with Crippen molar-refractivity contribution in [3.8, 4) is 17.2 Å². The summed E-state index contributed by atoms with van der Waals surface area (Å²) in [6.45, 7) is 6.91. The van der Waals surface area contributed by atoms with Crippen LogP contribution in [0, 0.1) is 5.92 Å². The maximum absolute atomic E-state index is 11.3. The molecule has 8 heteroatoms. The van der Waals surface area contributed by atoms with Crippen molar-refractivity contribution in [3.63, 3.8) is 0 Å². The van der Waals surface area contributed by atoms with E-state index in [4.69, 9.17) is 18.9 Å². The van der Waals surface area contributed by atoms with Crippen molar-refractivity contribution in [2.24, 2.45) is 5.92 Å². The monoisotopic (exact) mass is 469 g/mol. The fraction of sp³-hybridized carbons (Fsp3) is 0.500. The first-order chi connectivity index (χ1) is 16.2. The normalized spacial score (nSPS) is 23.6. The summed E-state index contributed by atoms with van der Waals surface area (Å²) in [7, 11) is 0. The van der Waals surface area contributed by atoms with Crippen molar-refractivity contribution in [1.82, 2.24) is 5.32 Å². The van der Waals surface area contributed by atoms with Gasteiger partial charge in [-0.2, -0.15) is 0 Å². The molecule has 0 radical (unpaired) electrons. The number of benzene rings is 2. The van der Waals surface area contributed by atoms with Crippen molar-refractivity contribution in [1.29, 1.82) is 0 Å². The van der Waals surface area contributed by atoms with Crippen LogP contribution in [0.1, 0.15) is 49.5 Å². The molecule has 2 aromatic rings. The van der Waals surface area contributed by atoms with E-state index >= 15 is 0 Å². The molecule has 0 amide bonds. The van der Waals surface area contributed by atoms with Crippen molar-refractivity contribution in [3.05, 3.63) is 53.1 Å². The molecule has 5 atom stereocenters. The minimum Gasteiger partial charge on any atom is -0.488 e. The van der Waals surface area contributed by atoms with Crippen LogP contribution in [-0.2, 0) is 16.0 Å². The van der Waals surface area contributed by atoms with E-state index in [-0.39, 0.29) is 37.1 Å². The van der Waals surface area contributed by atoms with E-state index in [1.807, 2.05) is 43.3 Å². The molecule has 1 aliphatic carbocycles. The lowest BCUT2D eigenvalue weighted by molar-refractivity contribution is -0.139. The lowest BCUT2D eigenvalue weighted by atomic mass is 9.94. The van der Waals surface area contributed by atoms with Crippen LogP contribution in [0.2, 0.25) is 0 Å². The molecule has 34 heavy (non-hydrogen) atoms. The van der Waals surface area contributed by atoms with E-state index in [0.717, 1.165) is 40.4 Å². The van der Waals surface area contributed by atoms with E-state index in [0.29, 0.717) is 6.54 Å². The van der Waals surface area contributed by atoms with Gasteiger partial charge in [0.1, 0.15) is 17.8 Å². The number of aliphatic hydroxyl groups is 1. The third-order valence-corrected chi connectivity index (χ3v) is 6.80. The van der Waals surface area contributed by atoms with Gasteiger partial charge in [0.05, 0.1) is 18.8 Å². The Bertz CT molecular complexity index is 1080. The highest BCUT2D eigenvalue weighted by Crippen LogP contribution is 2.59. The second-order valence-electron chi connectivity index (χ2n) is 10.00. The number of carboxylic acid groups (broad SMARTS) is 1. The van der Waals surface area contributed by atoms with Gasteiger partial charge in [0.2, 0.25) is 6.79 Å². The van der Waals surface area contributed by atoms with Gasteiger partial charge < -0.3 is 34.5 Å². The summed E-state index contributed by atoms with van der Waals surface area (Å²) in [5.41, 5.74) is 2.72. The first-order valence-corrected chi connectivity index (χ1v) is 11.7. The van der Waals surface area contributed by atoms with Gasteiger partial charge in [-0.05, 0) is 44.9 Å². The number of aliphatic hydroxyl groups excluding tert-OH is 1. The molecule has 0 spiro atoms. The van der Waals surface area contributed by atoms with Crippen LogP contribution < -0.4 is 19.5 Å². The molecule has 0 saturated heterocycles. The van der Waals surface area contributed by atoms with E-state index in [1.165, 1.54) is 0 Å². The molecule has 2 aliphatic heterocycles. The van der Waals surface area contributed by atoms with E-state index in [1.54, 1.807) is 0 Å². The maximum Gasteiger partial charge on any atom is 0.311 e. The highest BCUT2D eigenvalue weighted by atomic mass is 16.7. The number of nitrogens with one attached hydrogen (secondary N) is 1. The third kappa shape index (κ3) is 4.45. The lowest BCUT2D eigenvalue weighted by Crippen LogP contribution is -2.46. The number of hydrogen-bond acceptors (Lipinski definition) is 7. The molecule has 0 aromatic heterocycles. The zero-order valence-electron chi connectivity index (χ0n) is 19.6. The first kappa shape index (κ1) is 23.0. The van der Waals surface area contributed by atoms with Gasteiger partial charge in [-0.15, -0.1) is 0 Å². The largest absolute Gasteiger partial charge is 0.488 e. The highest BCUT2D eigenvalue weighted by molar-refractivity contribution is 5.79. The highest BCUT2D eigenvalue weighted by Gasteiger charge is 2.63. The van der Waals surface area contributed by atoms with Crippen LogP contribution in [0.3, 0.4) is 0 Å². The average Bonchev–Trinajstić information content (AvgIpc) is 3.12. The average molecular weight is 470 g/mol. The van der Waals surface area contributed by atoms with Crippen LogP contribution in [0.15, 0.2) is 36.4 Å². The molecule has 1 fully saturated rings. The minimum atomic E-state index is -0.813.